The largest absolute Gasteiger partial charge is 0.0885 e. The van der Waals surface area contributed by atoms with Gasteiger partial charge >= 0.3 is 0 Å². The Morgan fingerprint density at radius 2 is 0.862 bits per heavy atom. The molecular formula is C29H58. The summed E-state index contributed by atoms with van der Waals surface area (Å²) in [6, 6.07) is 0. The molecule has 0 aliphatic heterocycles. The van der Waals surface area contributed by atoms with Crippen LogP contribution in [0.2, 0.25) is 0 Å². The summed E-state index contributed by atoms with van der Waals surface area (Å²) >= 11 is 0. The van der Waals surface area contributed by atoms with Gasteiger partial charge in [-0.3, -0.25) is 0 Å². The maximum absolute atomic E-state index is 2.50. The van der Waals surface area contributed by atoms with Crippen molar-refractivity contribution in [3.63, 3.8) is 0 Å². The third-order valence-corrected chi connectivity index (χ3v) is 6.96. The van der Waals surface area contributed by atoms with Gasteiger partial charge in [-0.05, 0) is 37.5 Å². The summed E-state index contributed by atoms with van der Waals surface area (Å²) < 4.78 is 0. The molecule has 0 aliphatic carbocycles. The first kappa shape index (κ1) is 28.7. The van der Waals surface area contributed by atoms with E-state index in [0.29, 0.717) is 0 Å². The van der Waals surface area contributed by atoms with Crippen molar-refractivity contribution in [3.05, 3.63) is 12.2 Å². The van der Waals surface area contributed by atoms with Gasteiger partial charge in [-0.1, -0.05) is 149 Å². The lowest BCUT2D eigenvalue weighted by Crippen LogP contribution is -2.11. The Balaban J connectivity index is 3.63. The molecule has 0 saturated heterocycles. The van der Waals surface area contributed by atoms with Crippen LogP contribution in [0.25, 0.3) is 0 Å². The molecule has 0 rings (SSSR count). The van der Waals surface area contributed by atoms with Gasteiger partial charge in [0.05, 0.1) is 0 Å². The number of hydrogen-bond acceptors (Lipinski definition) is 0. The molecule has 0 fully saturated rings. The normalized spacial score (nSPS) is 13.9. The molecule has 0 heterocycles. The van der Waals surface area contributed by atoms with E-state index in [2.05, 4.69) is 39.8 Å². The average molecular weight is 407 g/mol. The van der Waals surface area contributed by atoms with Crippen molar-refractivity contribution in [2.75, 3.05) is 0 Å². The lowest BCUT2D eigenvalue weighted by Gasteiger charge is -2.23. The summed E-state index contributed by atoms with van der Waals surface area (Å²) in [5.74, 6) is 1.92. The molecule has 0 N–H and O–H groups in total. The lowest BCUT2D eigenvalue weighted by atomic mass is 9.83. The van der Waals surface area contributed by atoms with E-state index in [9.17, 15) is 0 Å². The van der Waals surface area contributed by atoms with Gasteiger partial charge in [0.2, 0.25) is 0 Å². The molecule has 0 aliphatic rings. The lowest BCUT2D eigenvalue weighted by molar-refractivity contribution is 0.288. The van der Waals surface area contributed by atoms with Crippen molar-refractivity contribution in [2.24, 2.45) is 11.8 Å². The van der Waals surface area contributed by atoms with Crippen molar-refractivity contribution < 1.29 is 0 Å². The monoisotopic (exact) mass is 406 g/mol. The first-order valence-corrected chi connectivity index (χ1v) is 13.9. The van der Waals surface area contributed by atoms with Crippen LogP contribution in [0.5, 0.6) is 0 Å². The van der Waals surface area contributed by atoms with Gasteiger partial charge in [0.15, 0.2) is 0 Å². The van der Waals surface area contributed by atoms with Crippen LogP contribution in [0, 0.1) is 11.8 Å². The molecule has 29 heavy (non-hydrogen) atoms. The molecule has 0 amide bonds. The molecule has 0 radical (unpaired) electrons. The summed E-state index contributed by atoms with van der Waals surface area (Å²) in [5.41, 5.74) is 0. The second kappa shape index (κ2) is 24.0. The molecule has 2 atom stereocenters. The molecular weight excluding hydrogens is 348 g/mol. The molecule has 0 spiro atoms. The minimum Gasteiger partial charge on any atom is -0.0885 e. The van der Waals surface area contributed by atoms with Gasteiger partial charge in [0.1, 0.15) is 0 Å². The molecule has 0 heteroatoms. The van der Waals surface area contributed by atoms with E-state index >= 15 is 0 Å². The Morgan fingerprint density at radius 3 is 1.31 bits per heavy atom. The number of rotatable bonds is 23. The van der Waals surface area contributed by atoms with Crippen LogP contribution in [0.15, 0.2) is 12.2 Å². The fourth-order valence-corrected chi connectivity index (χ4v) is 4.53. The fraction of sp³-hybridized carbons (Fsp3) is 0.931. The first-order chi connectivity index (χ1) is 14.3. The number of allylic oxidation sites excluding steroid dienone is 2. The zero-order valence-corrected chi connectivity index (χ0v) is 21.2. The Labute approximate surface area is 186 Å². The maximum Gasteiger partial charge on any atom is -0.0351 e. The highest BCUT2D eigenvalue weighted by Crippen LogP contribution is 2.27. The van der Waals surface area contributed by atoms with E-state index in [4.69, 9.17) is 0 Å². The SMILES string of the molecule is CCCCCC/C=C/CCCCCCC(CCCCCCCCCC)C(C)CC. The predicted molar refractivity (Wildman–Crippen MR) is 136 cm³/mol. The van der Waals surface area contributed by atoms with E-state index < -0.39 is 0 Å². The van der Waals surface area contributed by atoms with Gasteiger partial charge in [0, 0.05) is 0 Å². The van der Waals surface area contributed by atoms with Crippen LogP contribution in [-0.2, 0) is 0 Å². The summed E-state index contributed by atoms with van der Waals surface area (Å²) in [6.07, 6.45) is 34.8. The van der Waals surface area contributed by atoms with Crippen LogP contribution in [0.4, 0.5) is 0 Å². The maximum atomic E-state index is 2.50. The van der Waals surface area contributed by atoms with Crippen molar-refractivity contribution in [1.82, 2.24) is 0 Å². The Kier molecular flexibility index (Phi) is 23.8. The van der Waals surface area contributed by atoms with Crippen molar-refractivity contribution in [3.8, 4) is 0 Å². The number of unbranched alkanes of at least 4 members (excludes halogenated alkanes) is 15. The third-order valence-electron chi connectivity index (χ3n) is 6.96. The topological polar surface area (TPSA) is 0 Å². The summed E-state index contributed by atoms with van der Waals surface area (Å²) in [4.78, 5) is 0. The van der Waals surface area contributed by atoms with E-state index in [0.717, 1.165) is 11.8 Å². The van der Waals surface area contributed by atoms with E-state index in [1.807, 2.05) is 0 Å². The molecule has 0 bridgehead atoms. The van der Waals surface area contributed by atoms with Gasteiger partial charge < -0.3 is 0 Å². The van der Waals surface area contributed by atoms with Crippen molar-refractivity contribution in [2.45, 2.75) is 163 Å². The van der Waals surface area contributed by atoms with Crippen LogP contribution < -0.4 is 0 Å². The highest BCUT2D eigenvalue weighted by molar-refractivity contribution is 4.81. The number of hydrogen-bond donors (Lipinski definition) is 0. The van der Waals surface area contributed by atoms with Gasteiger partial charge in [0.25, 0.3) is 0 Å². The molecule has 0 nitrogen and oxygen atoms in total. The quantitative estimate of drug-likeness (QED) is 0.117. The fourth-order valence-electron chi connectivity index (χ4n) is 4.53. The van der Waals surface area contributed by atoms with Crippen molar-refractivity contribution >= 4 is 0 Å². The van der Waals surface area contributed by atoms with E-state index in [1.54, 1.807) is 0 Å². The molecule has 0 saturated carbocycles. The zero-order valence-electron chi connectivity index (χ0n) is 21.2. The standard InChI is InChI=1S/C29H58/c1-5-8-10-12-14-16-17-18-19-21-23-25-27-29(28(4)7-3)26-24-22-20-15-13-11-9-6-2/h16-17,28-29H,5-15,18-27H2,1-4H3/b17-16+. The van der Waals surface area contributed by atoms with Crippen LogP contribution in [0.1, 0.15) is 163 Å². The summed E-state index contributed by atoms with van der Waals surface area (Å²) in [6.45, 7) is 9.49. The van der Waals surface area contributed by atoms with Gasteiger partial charge in [-0.2, -0.15) is 0 Å². The molecule has 2 unspecified atom stereocenters. The molecule has 0 aromatic carbocycles. The van der Waals surface area contributed by atoms with Crippen LogP contribution in [0.3, 0.4) is 0 Å². The third kappa shape index (κ3) is 20.8. The Hall–Kier alpha value is -0.260. The predicted octanol–water partition coefficient (Wildman–Crippen LogP) is 11.0. The highest BCUT2D eigenvalue weighted by atomic mass is 14.2. The van der Waals surface area contributed by atoms with E-state index in [1.165, 1.54) is 135 Å². The Morgan fingerprint density at radius 1 is 0.483 bits per heavy atom. The second-order valence-corrected chi connectivity index (χ2v) is 9.72. The molecule has 0 aromatic heterocycles. The molecule has 174 valence electrons. The molecule has 0 aromatic rings. The Bertz CT molecular complexity index is 316. The van der Waals surface area contributed by atoms with Crippen LogP contribution >= 0.6 is 0 Å². The second-order valence-electron chi connectivity index (χ2n) is 9.72. The van der Waals surface area contributed by atoms with E-state index in [-0.39, 0.29) is 0 Å². The van der Waals surface area contributed by atoms with Crippen molar-refractivity contribution in [1.29, 1.82) is 0 Å². The minimum atomic E-state index is 0.926. The average Bonchev–Trinajstić information content (AvgIpc) is 2.74. The summed E-state index contributed by atoms with van der Waals surface area (Å²) in [7, 11) is 0. The van der Waals surface area contributed by atoms with Gasteiger partial charge in [-0.25, -0.2) is 0 Å². The first-order valence-electron chi connectivity index (χ1n) is 13.9. The van der Waals surface area contributed by atoms with Crippen LogP contribution in [-0.4, -0.2) is 0 Å². The zero-order chi connectivity index (χ0) is 21.4. The highest BCUT2D eigenvalue weighted by Gasteiger charge is 2.14. The van der Waals surface area contributed by atoms with Gasteiger partial charge in [-0.15, -0.1) is 0 Å². The summed E-state index contributed by atoms with van der Waals surface area (Å²) in [5, 5.41) is 0. The minimum absolute atomic E-state index is 0.926. The smallest absolute Gasteiger partial charge is 0.0351 e.